The zero-order valence-electron chi connectivity index (χ0n) is 19.9. The summed E-state index contributed by atoms with van der Waals surface area (Å²) in [6.07, 6.45) is 8.35. The third-order valence-corrected chi connectivity index (χ3v) is 11.7. The number of aliphatic hydroxyl groups is 3. The molecule has 4 nitrogen and oxygen atoms in total. The third kappa shape index (κ3) is 98.6. The van der Waals surface area contributed by atoms with E-state index in [1.54, 1.807) is 54.9 Å². The standard InChI is InChI=1S/3C4H9.3C3H8O.H2O.Sn.Ti/c3*1-3-4-2;3*1-3(2)4;;;/h3*1,3-4H2,2H3;3*3-4H,1-2H3;1H2;;. The predicted octanol–water partition coefficient (Wildman–Crippen LogP) is 5.22. The van der Waals surface area contributed by atoms with E-state index in [1.165, 1.54) is 38.5 Å². The second kappa shape index (κ2) is 38.0. The topological polar surface area (TPSA) is 92.2 Å². The van der Waals surface area contributed by atoms with Crippen LogP contribution in [0.15, 0.2) is 0 Å². The van der Waals surface area contributed by atoms with E-state index in [0.29, 0.717) is 0 Å². The van der Waals surface area contributed by atoms with Crippen LogP contribution in [0.4, 0.5) is 0 Å². The Labute approximate surface area is 193 Å². The molecule has 0 aliphatic heterocycles. The number of hydrogen-bond acceptors (Lipinski definition) is 3. The fourth-order valence-corrected chi connectivity index (χ4v) is 11.1. The van der Waals surface area contributed by atoms with Gasteiger partial charge < -0.3 is 20.8 Å². The molecule has 0 aromatic heterocycles. The average Bonchev–Trinajstić information content (AvgIpc) is 2.44. The fraction of sp³-hybridized carbons (Fsp3) is 1.00. The van der Waals surface area contributed by atoms with Crippen LogP contribution in [-0.4, -0.2) is 58.9 Å². The van der Waals surface area contributed by atoms with Crippen molar-refractivity contribution in [1.82, 2.24) is 0 Å². The summed E-state index contributed by atoms with van der Waals surface area (Å²) in [6.45, 7) is 17.3. The normalized spacial score (nSPS) is 9.33. The number of hydrogen-bond donors (Lipinski definition) is 3. The fourth-order valence-electron chi connectivity index (χ4n) is 1.66. The van der Waals surface area contributed by atoms with Crippen LogP contribution in [0.1, 0.15) is 101 Å². The van der Waals surface area contributed by atoms with E-state index < -0.39 is 19.8 Å². The van der Waals surface area contributed by atoms with Crippen molar-refractivity contribution in [3.05, 3.63) is 0 Å². The van der Waals surface area contributed by atoms with Crippen molar-refractivity contribution >= 4 is 19.8 Å². The quantitative estimate of drug-likeness (QED) is 0.353. The van der Waals surface area contributed by atoms with Crippen molar-refractivity contribution in [3.8, 4) is 0 Å². The van der Waals surface area contributed by atoms with Gasteiger partial charge in [-0.2, -0.15) is 0 Å². The molecule has 6 heteroatoms. The molecule has 0 spiro atoms. The molecular weight excluding hydrogens is 483 g/mol. The largest absolute Gasteiger partial charge is 0.412 e. The molecule has 0 amide bonds. The first-order valence-electron chi connectivity index (χ1n) is 10.4. The van der Waals surface area contributed by atoms with Crippen LogP contribution >= 0.6 is 0 Å². The summed E-state index contributed by atoms with van der Waals surface area (Å²) in [5.74, 6) is 0. The van der Waals surface area contributed by atoms with Crippen molar-refractivity contribution in [2.24, 2.45) is 0 Å². The van der Waals surface area contributed by atoms with E-state index in [9.17, 15) is 0 Å². The summed E-state index contributed by atoms with van der Waals surface area (Å²) in [7, 11) is 0. The van der Waals surface area contributed by atoms with Crippen LogP contribution in [0.5, 0.6) is 0 Å². The molecule has 5 N–H and O–H groups in total. The molecule has 0 atom stereocenters. The van der Waals surface area contributed by atoms with Crippen LogP contribution in [0.2, 0.25) is 13.3 Å². The molecule has 1 radical (unpaired) electrons. The summed E-state index contributed by atoms with van der Waals surface area (Å²) in [5, 5.41) is 24.2. The van der Waals surface area contributed by atoms with Gasteiger partial charge in [0, 0.05) is 40.0 Å². The Kier molecular flexibility index (Phi) is 59.8. The van der Waals surface area contributed by atoms with Gasteiger partial charge in [0.25, 0.3) is 0 Å². The van der Waals surface area contributed by atoms with Crippen LogP contribution in [0.25, 0.3) is 0 Å². The molecular formula is C21H53O4SnTi. The van der Waals surface area contributed by atoms with Gasteiger partial charge in [-0.3, -0.25) is 0 Å². The Bertz CT molecular complexity index is 165. The van der Waals surface area contributed by atoms with E-state index in [2.05, 4.69) is 20.8 Å². The smallest absolute Gasteiger partial charge is 0 e. The first-order chi connectivity index (χ1) is 11.5. The second-order valence-corrected chi connectivity index (χ2v) is 15.9. The third-order valence-electron chi connectivity index (χ3n) is 2.65. The van der Waals surface area contributed by atoms with Gasteiger partial charge in [-0.1, -0.05) is 0 Å². The Morgan fingerprint density at radius 3 is 0.815 bits per heavy atom. The monoisotopic (exact) mass is 537 g/mol. The zero-order chi connectivity index (χ0) is 20.7. The van der Waals surface area contributed by atoms with Crippen LogP contribution in [0, 0.1) is 0 Å². The molecule has 0 heterocycles. The molecule has 169 valence electrons. The summed E-state index contributed by atoms with van der Waals surface area (Å²) in [5.41, 5.74) is 0. The van der Waals surface area contributed by atoms with Crippen molar-refractivity contribution in [2.45, 2.75) is 132 Å². The summed E-state index contributed by atoms with van der Waals surface area (Å²) >= 11 is -0.839. The van der Waals surface area contributed by atoms with Crippen molar-refractivity contribution < 1.29 is 42.5 Å². The van der Waals surface area contributed by atoms with Crippen LogP contribution < -0.4 is 0 Å². The molecule has 0 aromatic carbocycles. The maximum Gasteiger partial charge on any atom is 0 e. The van der Waals surface area contributed by atoms with Crippen molar-refractivity contribution in [1.29, 1.82) is 0 Å². The maximum absolute atomic E-state index is 8.06. The van der Waals surface area contributed by atoms with E-state index in [-0.39, 0.29) is 45.5 Å². The Morgan fingerprint density at radius 1 is 0.556 bits per heavy atom. The van der Waals surface area contributed by atoms with Gasteiger partial charge in [-0.15, -0.1) is 0 Å². The number of unbranched alkanes of at least 4 members (excludes halogenated alkanes) is 3. The molecule has 0 rings (SSSR count). The van der Waals surface area contributed by atoms with Gasteiger partial charge in [0.1, 0.15) is 0 Å². The van der Waals surface area contributed by atoms with Crippen molar-refractivity contribution in [3.63, 3.8) is 0 Å². The zero-order valence-corrected chi connectivity index (χ0v) is 24.4. The van der Waals surface area contributed by atoms with E-state index in [1.807, 2.05) is 0 Å². The molecule has 0 bridgehead atoms. The maximum atomic E-state index is 8.06. The van der Waals surface area contributed by atoms with Crippen LogP contribution in [0.3, 0.4) is 0 Å². The molecule has 0 aliphatic carbocycles. The molecule has 0 unspecified atom stereocenters. The molecule has 27 heavy (non-hydrogen) atoms. The molecule has 0 aliphatic rings. The molecule has 0 aromatic rings. The van der Waals surface area contributed by atoms with Crippen molar-refractivity contribution in [2.75, 3.05) is 0 Å². The summed E-state index contributed by atoms with van der Waals surface area (Å²) < 4.78 is 5.04. The van der Waals surface area contributed by atoms with Gasteiger partial charge in [0.15, 0.2) is 0 Å². The Balaban J connectivity index is -0.0000000655. The van der Waals surface area contributed by atoms with Gasteiger partial charge in [0.2, 0.25) is 0 Å². The number of aliphatic hydroxyl groups excluding tert-OH is 3. The predicted molar refractivity (Wildman–Crippen MR) is 121 cm³/mol. The van der Waals surface area contributed by atoms with Gasteiger partial charge >= 0.3 is 92.4 Å². The van der Waals surface area contributed by atoms with Crippen LogP contribution in [-0.2, 0) is 21.7 Å². The average molecular weight is 536 g/mol. The van der Waals surface area contributed by atoms with Gasteiger partial charge in [-0.25, -0.2) is 0 Å². The summed E-state index contributed by atoms with van der Waals surface area (Å²) in [6, 6.07) is 0. The first kappa shape index (κ1) is 42.5. The minimum atomic E-state index is -0.839. The van der Waals surface area contributed by atoms with Gasteiger partial charge in [-0.05, 0) is 41.5 Å². The molecule has 0 saturated heterocycles. The Hall–Kier alpha value is 1.35. The first-order valence-corrected chi connectivity index (χ1v) is 16.5. The summed E-state index contributed by atoms with van der Waals surface area (Å²) in [4.78, 5) is 0. The number of rotatable bonds is 9. The SMILES string of the molecule is CC(C)O.CC(C)O.CC(C)O.CCC[CH2][Sn]([CH2]CCC)[CH2]CCC.O.[Ti]. The second-order valence-electron chi connectivity index (χ2n) is 7.34. The van der Waals surface area contributed by atoms with E-state index >= 15 is 0 Å². The molecule has 0 fully saturated rings. The molecule has 0 saturated carbocycles. The van der Waals surface area contributed by atoms with E-state index in [0.717, 1.165) is 0 Å². The minimum Gasteiger partial charge on any atom is -0.412 e. The van der Waals surface area contributed by atoms with Gasteiger partial charge in [0.05, 0.1) is 0 Å². The Morgan fingerprint density at radius 2 is 0.704 bits per heavy atom. The minimum absolute atomic E-state index is 0. The van der Waals surface area contributed by atoms with E-state index in [4.69, 9.17) is 15.3 Å².